The van der Waals surface area contributed by atoms with Gasteiger partial charge in [-0.05, 0) is 24.3 Å². The highest BCUT2D eigenvalue weighted by atomic mass is 32.2. The molecule has 1 aromatic carbocycles. The van der Waals surface area contributed by atoms with Crippen molar-refractivity contribution < 1.29 is 18.7 Å². The highest BCUT2D eigenvalue weighted by molar-refractivity contribution is 7.99. The molecule has 0 bridgehead atoms. The average Bonchev–Trinajstić information content (AvgIpc) is 2.68. The number of morpholine rings is 1. The van der Waals surface area contributed by atoms with E-state index < -0.39 is 11.7 Å². The second kappa shape index (κ2) is 8.72. The minimum Gasteiger partial charge on any atom is -0.378 e. The van der Waals surface area contributed by atoms with Gasteiger partial charge in [-0.25, -0.2) is 4.39 Å². The number of carbonyl (C=O) groups is 2. The molecule has 1 fully saturated rings. The summed E-state index contributed by atoms with van der Waals surface area (Å²) in [7, 11) is 0. The Hall–Kier alpha value is -2.52. The van der Waals surface area contributed by atoms with Crippen molar-refractivity contribution in [2.75, 3.05) is 37.4 Å². The van der Waals surface area contributed by atoms with Crippen LogP contribution in [0, 0.1) is 5.82 Å². The van der Waals surface area contributed by atoms with Gasteiger partial charge >= 0.3 is 0 Å². The van der Waals surface area contributed by atoms with Crippen LogP contribution in [0.25, 0.3) is 0 Å². The molecule has 0 unspecified atom stereocenters. The maximum atomic E-state index is 13.6. The summed E-state index contributed by atoms with van der Waals surface area (Å²) in [5.41, 5.74) is -0.0659. The molecule has 0 spiro atoms. The van der Waals surface area contributed by atoms with Crippen molar-refractivity contribution in [1.82, 2.24) is 15.1 Å². The second-order valence-corrected chi connectivity index (χ2v) is 6.47. The van der Waals surface area contributed by atoms with Crippen molar-refractivity contribution in [3.63, 3.8) is 0 Å². The highest BCUT2D eigenvalue weighted by Gasteiger charge is 2.17. The Morgan fingerprint density at radius 2 is 1.92 bits per heavy atom. The van der Waals surface area contributed by atoms with E-state index in [0.717, 1.165) is 0 Å². The SMILES string of the molecule is O=C(Nc1ccc(SCC(=O)N2CCOCC2)nn1)c1ccccc1F. The van der Waals surface area contributed by atoms with Crippen LogP contribution in [-0.2, 0) is 9.53 Å². The van der Waals surface area contributed by atoms with Crippen LogP contribution < -0.4 is 5.32 Å². The smallest absolute Gasteiger partial charge is 0.259 e. The number of carbonyl (C=O) groups excluding carboxylic acids is 2. The van der Waals surface area contributed by atoms with Crippen LogP contribution in [0.3, 0.4) is 0 Å². The summed E-state index contributed by atoms with van der Waals surface area (Å²) in [5, 5.41) is 10.9. The Balaban J connectivity index is 1.52. The number of amides is 2. The highest BCUT2D eigenvalue weighted by Crippen LogP contribution is 2.17. The maximum absolute atomic E-state index is 13.6. The zero-order valence-electron chi connectivity index (χ0n) is 13.9. The first-order valence-corrected chi connectivity index (χ1v) is 9.00. The molecule has 136 valence electrons. The molecule has 0 aliphatic carbocycles. The third kappa shape index (κ3) is 4.77. The number of nitrogens with one attached hydrogen (secondary N) is 1. The lowest BCUT2D eigenvalue weighted by atomic mass is 10.2. The molecule has 0 saturated carbocycles. The fourth-order valence-electron chi connectivity index (χ4n) is 2.33. The van der Waals surface area contributed by atoms with E-state index in [2.05, 4.69) is 15.5 Å². The number of hydrogen-bond acceptors (Lipinski definition) is 6. The van der Waals surface area contributed by atoms with Gasteiger partial charge in [-0.1, -0.05) is 23.9 Å². The molecule has 2 amide bonds. The van der Waals surface area contributed by atoms with Gasteiger partial charge in [-0.3, -0.25) is 9.59 Å². The summed E-state index contributed by atoms with van der Waals surface area (Å²) in [6, 6.07) is 8.91. The molecule has 1 aliphatic rings. The molecule has 7 nitrogen and oxygen atoms in total. The summed E-state index contributed by atoms with van der Waals surface area (Å²) < 4.78 is 18.8. The number of thioether (sulfide) groups is 1. The van der Waals surface area contributed by atoms with E-state index in [-0.39, 0.29) is 23.0 Å². The van der Waals surface area contributed by atoms with Gasteiger partial charge in [0.2, 0.25) is 5.91 Å². The molecular formula is C17H17FN4O3S. The van der Waals surface area contributed by atoms with Crippen molar-refractivity contribution in [1.29, 1.82) is 0 Å². The first-order valence-electron chi connectivity index (χ1n) is 8.01. The normalized spacial score (nSPS) is 14.1. The number of hydrogen-bond donors (Lipinski definition) is 1. The van der Waals surface area contributed by atoms with Crippen LogP contribution in [-0.4, -0.2) is 59.0 Å². The van der Waals surface area contributed by atoms with Crippen molar-refractivity contribution in [3.8, 4) is 0 Å². The van der Waals surface area contributed by atoms with E-state index in [1.807, 2.05) is 0 Å². The van der Waals surface area contributed by atoms with Crippen LogP contribution in [0.5, 0.6) is 0 Å². The van der Waals surface area contributed by atoms with Gasteiger partial charge in [0.05, 0.1) is 24.5 Å². The Bertz CT molecular complexity index is 782. The number of halogens is 1. The van der Waals surface area contributed by atoms with E-state index >= 15 is 0 Å². The molecule has 2 heterocycles. The summed E-state index contributed by atoms with van der Waals surface area (Å²) in [6.45, 7) is 2.33. The van der Waals surface area contributed by atoms with Gasteiger partial charge in [0.1, 0.15) is 10.8 Å². The molecule has 1 aromatic heterocycles. The average molecular weight is 376 g/mol. The molecule has 1 aliphatic heterocycles. The van der Waals surface area contributed by atoms with E-state index in [1.54, 1.807) is 23.1 Å². The Morgan fingerprint density at radius 1 is 1.15 bits per heavy atom. The maximum Gasteiger partial charge on any atom is 0.259 e. The van der Waals surface area contributed by atoms with Crippen molar-refractivity contribution in [2.45, 2.75) is 5.03 Å². The standard InChI is InChI=1S/C17H17FN4O3S/c18-13-4-2-1-3-12(13)17(24)19-14-5-6-15(21-20-14)26-11-16(23)22-7-9-25-10-8-22/h1-6H,7-11H2,(H,19,20,24). The number of aromatic nitrogens is 2. The third-order valence-electron chi connectivity index (χ3n) is 3.71. The van der Waals surface area contributed by atoms with Crippen LogP contribution in [0.15, 0.2) is 41.4 Å². The van der Waals surface area contributed by atoms with Crippen LogP contribution in [0.1, 0.15) is 10.4 Å². The number of ether oxygens (including phenoxy) is 1. The fraction of sp³-hybridized carbons (Fsp3) is 0.294. The van der Waals surface area contributed by atoms with E-state index in [4.69, 9.17) is 4.74 Å². The van der Waals surface area contributed by atoms with Crippen molar-refractivity contribution in [3.05, 3.63) is 47.8 Å². The third-order valence-corrected chi connectivity index (χ3v) is 4.61. The van der Waals surface area contributed by atoms with Gasteiger partial charge in [-0.2, -0.15) is 0 Å². The van der Waals surface area contributed by atoms with Crippen LogP contribution >= 0.6 is 11.8 Å². The van der Waals surface area contributed by atoms with Crippen LogP contribution in [0.4, 0.5) is 10.2 Å². The monoisotopic (exact) mass is 376 g/mol. The first-order chi connectivity index (χ1) is 12.6. The summed E-state index contributed by atoms with van der Waals surface area (Å²) in [5.74, 6) is -0.707. The van der Waals surface area contributed by atoms with Gasteiger partial charge in [0, 0.05) is 13.1 Å². The Labute approximate surface area is 153 Å². The Morgan fingerprint density at radius 3 is 2.62 bits per heavy atom. The minimum atomic E-state index is -0.605. The summed E-state index contributed by atoms with van der Waals surface area (Å²) >= 11 is 1.27. The van der Waals surface area contributed by atoms with Gasteiger partial charge in [0.25, 0.3) is 5.91 Å². The topological polar surface area (TPSA) is 84.4 Å². The molecule has 9 heteroatoms. The number of nitrogens with zero attached hydrogens (tertiary/aromatic N) is 3. The lowest BCUT2D eigenvalue weighted by molar-refractivity contribution is -0.132. The summed E-state index contributed by atoms with van der Waals surface area (Å²) in [6.07, 6.45) is 0. The van der Waals surface area contributed by atoms with Crippen molar-refractivity contribution in [2.24, 2.45) is 0 Å². The molecule has 2 aromatic rings. The minimum absolute atomic E-state index is 0.0250. The molecular weight excluding hydrogens is 359 g/mol. The van der Waals surface area contributed by atoms with E-state index in [9.17, 15) is 14.0 Å². The zero-order valence-corrected chi connectivity index (χ0v) is 14.7. The predicted octanol–water partition coefficient (Wildman–Crippen LogP) is 1.82. The second-order valence-electron chi connectivity index (χ2n) is 5.47. The first kappa shape index (κ1) is 18.3. The fourth-order valence-corrected chi connectivity index (χ4v) is 3.05. The van der Waals surface area contributed by atoms with E-state index in [1.165, 1.54) is 30.0 Å². The lowest BCUT2D eigenvalue weighted by Crippen LogP contribution is -2.41. The van der Waals surface area contributed by atoms with Crippen LogP contribution in [0.2, 0.25) is 0 Å². The summed E-state index contributed by atoms with van der Waals surface area (Å²) in [4.78, 5) is 25.9. The van der Waals surface area contributed by atoms with Crippen molar-refractivity contribution >= 4 is 29.4 Å². The largest absolute Gasteiger partial charge is 0.378 e. The number of rotatable bonds is 5. The molecule has 3 rings (SSSR count). The number of anilines is 1. The molecule has 1 N–H and O–H groups in total. The Kier molecular flexibility index (Phi) is 6.13. The van der Waals surface area contributed by atoms with Gasteiger partial charge in [0.15, 0.2) is 5.82 Å². The molecule has 0 atom stereocenters. The van der Waals surface area contributed by atoms with Gasteiger partial charge in [-0.15, -0.1) is 10.2 Å². The zero-order chi connectivity index (χ0) is 18.4. The van der Waals surface area contributed by atoms with Gasteiger partial charge < -0.3 is 15.0 Å². The quantitative estimate of drug-likeness (QED) is 0.802. The lowest BCUT2D eigenvalue weighted by Gasteiger charge is -2.26. The predicted molar refractivity (Wildman–Crippen MR) is 94.5 cm³/mol. The molecule has 1 saturated heterocycles. The molecule has 26 heavy (non-hydrogen) atoms. The molecule has 0 radical (unpaired) electrons. The van der Waals surface area contributed by atoms with E-state index in [0.29, 0.717) is 31.3 Å². The number of benzene rings is 1.